The highest BCUT2D eigenvalue weighted by molar-refractivity contribution is 7.80. The van der Waals surface area contributed by atoms with Crippen LogP contribution in [0.15, 0.2) is 35.5 Å². The zero-order chi connectivity index (χ0) is 14.7. The zero-order valence-electron chi connectivity index (χ0n) is 11.3. The molecule has 0 unspecified atom stereocenters. The van der Waals surface area contributed by atoms with E-state index < -0.39 is 0 Å². The number of ether oxygens (including phenoxy) is 1. The highest BCUT2D eigenvalue weighted by atomic mass is 32.1. The third-order valence-electron chi connectivity index (χ3n) is 2.99. The fourth-order valence-corrected chi connectivity index (χ4v) is 2.36. The lowest BCUT2D eigenvalue weighted by molar-refractivity contribution is -0.139. The minimum absolute atomic E-state index is 0.170. The number of hydrogen-bond acceptors (Lipinski definition) is 4. The second-order valence-electron chi connectivity index (χ2n) is 4.38. The van der Waals surface area contributed by atoms with Crippen LogP contribution in [0.3, 0.4) is 0 Å². The van der Waals surface area contributed by atoms with E-state index in [9.17, 15) is 9.90 Å². The molecule has 0 bridgehead atoms. The van der Waals surface area contributed by atoms with E-state index in [4.69, 9.17) is 17.0 Å². The second kappa shape index (κ2) is 5.92. The molecule has 0 spiro atoms. The van der Waals surface area contributed by atoms with E-state index in [2.05, 4.69) is 10.6 Å². The van der Waals surface area contributed by atoms with Crippen LogP contribution in [0.1, 0.15) is 25.5 Å². The van der Waals surface area contributed by atoms with Gasteiger partial charge in [0, 0.05) is 5.70 Å². The predicted octanol–water partition coefficient (Wildman–Crippen LogP) is 1.75. The number of nitrogens with one attached hydrogen (secondary N) is 2. The lowest BCUT2D eigenvalue weighted by Crippen LogP contribution is -2.45. The molecule has 0 saturated carbocycles. The van der Waals surface area contributed by atoms with Crippen molar-refractivity contribution in [2.45, 2.75) is 19.9 Å². The number of carbonyl (C=O) groups is 1. The number of phenolic OH excluding ortho intramolecular Hbond substituents is 1. The van der Waals surface area contributed by atoms with Gasteiger partial charge in [-0.15, -0.1) is 0 Å². The largest absolute Gasteiger partial charge is 0.508 e. The first-order valence-corrected chi connectivity index (χ1v) is 6.68. The minimum atomic E-state index is -0.386. The molecular weight excluding hydrogens is 276 g/mol. The van der Waals surface area contributed by atoms with Crippen molar-refractivity contribution in [1.29, 1.82) is 0 Å². The smallest absolute Gasteiger partial charge is 0.338 e. The topological polar surface area (TPSA) is 70.6 Å². The quantitative estimate of drug-likeness (QED) is 0.582. The van der Waals surface area contributed by atoms with Crippen molar-refractivity contribution >= 4 is 23.3 Å². The highest BCUT2D eigenvalue weighted by Crippen LogP contribution is 2.28. The van der Waals surface area contributed by atoms with Gasteiger partial charge in [0.05, 0.1) is 18.2 Å². The Morgan fingerprint density at radius 2 is 2.05 bits per heavy atom. The first-order valence-electron chi connectivity index (χ1n) is 6.27. The molecule has 6 heteroatoms. The molecule has 1 aromatic rings. The summed E-state index contributed by atoms with van der Waals surface area (Å²) in [6.07, 6.45) is 0. The molecule has 106 valence electrons. The maximum absolute atomic E-state index is 12.1. The number of benzene rings is 1. The fraction of sp³-hybridized carbons (Fsp3) is 0.286. The Morgan fingerprint density at radius 3 is 2.65 bits per heavy atom. The van der Waals surface area contributed by atoms with E-state index in [-0.39, 0.29) is 17.8 Å². The maximum atomic E-state index is 12.1. The van der Waals surface area contributed by atoms with Crippen molar-refractivity contribution in [3.05, 3.63) is 41.1 Å². The standard InChI is InChI=1S/C14H16N2O3S/c1-3-19-13(18)11-8(2)15-14(20)16-12(11)9-4-6-10(17)7-5-9/h4-7,12,17H,3H2,1-2H3,(H2,15,16,20)/t12-/m1/s1. The SMILES string of the molecule is CCOC(=O)C1=C(C)NC(=S)N[C@@H]1c1ccc(O)cc1. The van der Waals surface area contributed by atoms with Crippen LogP contribution >= 0.6 is 12.2 Å². The van der Waals surface area contributed by atoms with E-state index in [1.165, 1.54) is 0 Å². The molecule has 0 aromatic heterocycles. The molecule has 0 radical (unpaired) electrons. The van der Waals surface area contributed by atoms with E-state index in [0.717, 1.165) is 5.56 Å². The summed E-state index contributed by atoms with van der Waals surface area (Å²) in [6.45, 7) is 3.85. The number of aromatic hydroxyl groups is 1. The van der Waals surface area contributed by atoms with Crippen LogP contribution in [0.5, 0.6) is 5.75 Å². The Morgan fingerprint density at radius 1 is 1.40 bits per heavy atom. The van der Waals surface area contributed by atoms with Crippen molar-refractivity contribution in [3.63, 3.8) is 0 Å². The van der Waals surface area contributed by atoms with Crippen LogP contribution in [-0.2, 0) is 9.53 Å². The van der Waals surface area contributed by atoms with E-state index in [1.54, 1.807) is 38.1 Å². The molecule has 20 heavy (non-hydrogen) atoms. The molecule has 0 aliphatic carbocycles. The summed E-state index contributed by atoms with van der Waals surface area (Å²) < 4.78 is 5.09. The third kappa shape index (κ3) is 2.91. The first-order chi connectivity index (χ1) is 9.52. The van der Waals surface area contributed by atoms with Gasteiger partial charge in [-0.1, -0.05) is 12.1 Å². The molecule has 0 fully saturated rings. The molecule has 0 saturated heterocycles. The molecule has 1 atom stereocenters. The van der Waals surface area contributed by atoms with E-state index in [1.807, 2.05) is 0 Å². The van der Waals surface area contributed by atoms with Crippen LogP contribution in [0.4, 0.5) is 0 Å². The highest BCUT2D eigenvalue weighted by Gasteiger charge is 2.30. The van der Waals surface area contributed by atoms with Crippen LogP contribution in [-0.4, -0.2) is 22.8 Å². The van der Waals surface area contributed by atoms with E-state index >= 15 is 0 Å². The lowest BCUT2D eigenvalue weighted by atomic mass is 9.95. The second-order valence-corrected chi connectivity index (χ2v) is 4.79. The summed E-state index contributed by atoms with van der Waals surface area (Å²) in [5.41, 5.74) is 1.99. The Bertz CT molecular complexity index is 566. The van der Waals surface area contributed by atoms with Crippen molar-refractivity contribution in [3.8, 4) is 5.75 Å². The summed E-state index contributed by atoms with van der Waals surface area (Å²) in [6, 6.07) is 6.24. The average Bonchev–Trinajstić information content (AvgIpc) is 2.38. The fourth-order valence-electron chi connectivity index (χ4n) is 2.09. The molecule has 0 amide bonds. The Labute approximate surface area is 122 Å². The molecular formula is C14H16N2O3S. The summed E-state index contributed by atoms with van der Waals surface area (Å²) in [5, 5.41) is 15.8. The van der Waals surface area contributed by atoms with Gasteiger partial charge in [-0.3, -0.25) is 0 Å². The molecule has 1 aliphatic heterocycles. The van der Waals surface area contributed by atoms with Gasteiger partial charge < -0.3 is 20.5 Å². The van der Waals surface area contributed by atoms with Gasteiger partial charge in [0.1, 0.15) is 5.75 Å². The third-order valence-corrected chi connectivity index (χ3v) is 3.21. The van der Waals surface area contributed by atoms with Crippen LogP contribution in [0, 0.1) is 0 Å². The van der Waals surface area contributed by atoms with Crippen molar-refractivity contribution in [1.82, 2.24) is 10.6 Å². The van der Waals surface area contributed by atoms with Gasteiger partial charge in [0.25, 0.3) is 0 Å². The molecule has 1 heterocycles. The summed E-state index contributed by atoms with van der Waals surface area (Å²) in [4.78, 5) is 12.1. The van der Waals surface area contributed by atoms with Gasteiger partial charge >= 0.3 is 5.97 Å². The van der Waals surface area contributed by atoms with Crippen molar-refractivity contribution < 1.29 is 14.6 Å². The summed E-state index contributed by atoms with van der Waals surface area (Å²) >= 11 is 5.13. The molecule has 1 aliphatic rings. The minimum Gasteiger partial charge on any atom is -0.508 e. The number of phenols is 1. The van der Waals surface area contributed by atoms with Gasteiger partial charge in [0.2, 0.25) is 0 Å². The van der Waals surface area contributed by atoms with Crippen LogP contribution < -0.4 is 10.6 Å². The van der Waals surface area contributed by atoms with Gasteiger partial charge in [-0.2, -0.15) is 0 Å². The predicted molar refractivity (Wildman–Crippen MR) is 79.1 cm³/mol. The van der Waals surface area contributed by atoms with Crippen LogP contribution in [0.25, 0.3) is 0 Å². The van der Waals surface area contributed by atoms with Crippen LogP contribution in [0.2, 0.25) is 0 Å². The zero-order valence-corrected chi connectivity index (χ0v) is 12.1. The number of allylic oxidation sites excluding steroid dienone is 1. The maximum Gasteiger partial charge on any atom is 0.338 e. The molecule has 2 rings (SSSR count). The van der Waals surface area contributed by atoms with Gasteiger partial charge in [0.15, 0.2) is 5.11 Å². The van der Waals surface area contributed by atoms with Crippen molar-refractivity contribution in [2.75, 3.05) is 6.61 Å². The van der Waals surface area contributed by atoms with Gasteiger partial charge in [-0.25, -0.2) is 4.79 Å². The normalized spacial score (nSPS) is 18.3. The van der Waals surface area contributed by atoms with E-state index in [0.29, 0.717) is 23.0 Å². The number of thiocarbonyl (C=S) groups is 1. The molecule has 5 nitrogen and oxygen atoms in total. The average molecular weight is 292 g/mol. The summed E-state index contributed by atoms with van der Waals surface area (Å²) in [7, 11) is 0. The molecule has 1 aromatic carbocycles. The number of hydrogen-bond donors (Lipinski definition) is 3. The number of rotatable bonds is 3. The van der Waals surface area contributed by atoms with Crippen molar-refractivity contribution in [2.24, 2.45) is 0 Å². The monoisotopic (exact) mass is 292 g/mol. The first kappa shape index (κ1) is 14.3. The summed E-state index contributed by atoms with van der Waals surface area (Å²) in [5.74, 6) is -0.214. The molecule has 3 N–H and O–H groups in total. The Balaban J connectivity index is 2.41. The number of carbonyl (C=O) groups excluding carboxylic acids is 1. The van der Waals surface area contributed by atoms with Gasteiger partial charge in [-0.05, 0) is 43.8 Å². The Hall–Kier alpha value is -2.08. The lowest BCUT2D eigenvalue weighted by Gasteiger charge is -2.29. The Kier molecular flexibility index (Phi) is 4.24. The number of esters is 1.